The van der Waals surface area contributed by atoms with E-state index in [0.717, 1.165) is 55.8 Å². The Hall–Kier alpha value is -4.67. The maximum absolute atomic E-state index is 8.16. The third kappa shape index (κ3) is 4.78. The Bertz CT molecular complexity index is 2100. The number of fused-ring (bicyclic) bond motifs is 3. The maximum Gasteiger partial charge on any atom is 2.00 e. The number of aromatic nitrogens is 4. The molecule has 0 N–H and O–H groups in total. The van der Waals surface area contributed by atoms with Crippen LogP contribution in [0.5, 0.6) is 17.2 Å². The van der Waals surface area contributed by atoms with Crippen LogP contribution in [0.3, 0.4) is 0 Å². The van der Waals surface area contributed by atoms with E-state index in [9.17, 15) is 0 Å². The summed E-state index contributed by atoms with van der Waals surface area (Å²) in [5.74, 6) is 2.48. The first-order chi connectivity index (χ1) is 20.5. The summed E-state index contributed by atoms with van der Waals surface area (Å²) in [5, 5.41) is 6.79. The quantitative estimate of drug-likeness (QED) is 0.163. The van der Waals surface area contributed by atoms with Gasteiger partial charge < -0.3 is 14.0 Å². The van der Waals surface area contributed by atoms with Crippen LogP contribution in [0.4, 0.5) is 0 Å². The molecule has 0 atom stereocenters. The Kier molecular flexibility index (Phi) is 7.06. The Morgan fingerprint density at radius 3 is 2.48 bits per heavy atom. The van der Waals surface area contributed by atoms with E-state index in [0.29, 0.717) is 23.4 Å². The molecule has 0 aliphatic heterocycles. The van der Waals surface area contributed by atoms with Gasteiger partial charge in [0.15, 0.2) is 0 Å². The van der Waals surface area contributed by atoms with Crippen LogP contribution in [0.1, 0.15) is 12.8 Å². The second-order valence-corrected chi connectivity index (χ2v) is 9.74. The third-order valence-corrected chi connectivity index (χ3v) is 7.23. The predicted molar refractivity (Wildman–Crippen MR) is 161 cm³/mol. The van der Waals surface area contributed by atoms with E-state index in [4.69, 9.17) is 15.9 Å². The van der Waals surface area contributed by atoms with Gasteiger partial charge in [0.1, 0.15) is 11.6 Å². The fourth-order valence-corrected chi connectivity index (χ4v) is 5.40. The molecule has 0 radical (unpaired) electrons. The van der Waals surface area contributed by atoms with E-state index in [-0.39, 0.29) is 21.1 Å². The zero-order valence-electron chi connectivity index (χ0n) is 24.2. The molecule has 0 bridgehead atoms. The number of hydrogen-bond acceptors (Lipinski definition) is 4. The normalized spacial score (nSPS) is 11.4. The smallest absolute Gasteiger partial charge is 0.509 e. The largest absolute Gasteiger partial charge is 2.00 e. The number of hydrogen-bond donors (Lipinski definition) is 0. The molecule has 4 aromatic carbocycles. The minimum Gasteiger partial charge on any atom is -0.509 e. The topological polar surface area (TPSA) is 54.1 Å². The summed E-state index contributed by atoms with van der Waals surface area (Å²) < 4.78 is 23.9. The van der Waals surface area contributed by atoms with Crippen LogP contribution in [-0.2, 0) is 21.1 Å². The molecule has 7 aromatic rings. The molecular formula is C35H26N4O2Pt. The van der Waals surface area contributed by atoms with Crippen LogP contribution < -0.4 is 9.47 Å². The van der Waals surface area contributed by atoms with Gasteiger partial charge >= 0.3 is 21.1 Å². The van der Waals surface area contributed by atoms with E-state index in [1.165, 1.54) is 0 Å². The summed E-state index contributed by atoms with van der Waals surface area (Å²) in [4.78, 5) is 4.56. The van der Waals surface area contributed by atoms with Crippen molar-refractivity contribution < 1.29 is 31.9 Å². The van der Waals surface area contributed by atoms with Gasteiger partial charge in [0.25, 0.3) is 0 Å². The molecule has 0 amide bonds. The first-order valence-corrected chi connectivity index (χ1v) is 13.3. The number of rotatable bonds is 6. The van der Waals surface area contributed by atoms with E-state index < -0.39 is 0 Å². The molecule has 0 spiro atoms. The summed E-state index contributed by atoms with van der Waals surface area (Å²) in [6.45, 7) is 4.09. The van der Waals surface area contributed by atoms with Crippen LogP contribution in [-0.4, -0.2) is 26.4 Å². The van der Waals surface area contributed by atoms with Crippen molar-refractivity contribution in [1.82, 2.24) is 19.3 Å². The average molecular weight is 731 g/mol. The molecule has 0 aliphatic rings. The number of benzene rings is 4. The van der Waals surface area contributed by atoms with Gasteiger partial charge in [-0.1, -0.05) is 41.9 Å². The molecule has 0 fully saturated rings. The first kappa shape index (κ1) is 26.2. The summed E-state index contributed by atoms with van der Waals surface area (Å²) in [7, 11) is 1.66. The summed E-state index contributed by atoms with van der Waals surface area (Å²) >= 11 is 0. The van der Waals surface area contributed by atoms with Gasteiger partial charge in [0.2, 0.25) is 0 Å². The van der Waals surface area contributed by atoms with Crippen molar-refractivity contribution in [3.63, 3.8) is 0 Å². The standard InChI is InChI=1S/C35H26N4O2.Pt/c1-23-35(25-10-5-4-6-11-25)24(2)39(37-23)26-12-9-13-28(20-26)41-29-15-17-30-31-21-27(40-3)16-18-32(31)38(33(30)22-29)34-14-7-8-19-36-34;/h4-19,21H,1-3H3;/q-2;+2/i7D;. The molecule has 3 heterocycles. The van der Waals surface area contributed by atoms with Crippen molar-refractivity contribution in [3.05, 3.63) is 127 Å². The second kappa shape index (κ2) is 11.3. The van der Waals surface area contributed by atoms with Crippen molar-refractivity contribution in [2.24, 2.45) is 0 Å². The van der Waals surface area contributed by atoms with E-state index in [1.54, 1.807) is 25.4 Å². The molecule has 208 valence electrons. The predicted octanol–water partition coefficient (Wildman–Crippen LogP) is 8.05. The van der Waals surface area contributed by atoms with Crippen molar-refractivity contribution in [2.75, 3.05) is 7.11 Å². The molecule has 0 saturated heterocycles. The average Bonchev–Trinajstić information content (AvgIpc) is 3.49. The summed E-state index contributed by atoms with van der Waals surface area (Å²) in [5.41, 5.74) is 6.74. The van der Waals surface area contributed by atoms with Crippen LogP contribution in [0, 0.1) is 26.0 Å². The second-order valence-electron chi connectivity index (χ2n) is 9.74. The van der Waals surface area contributed by atoms with Crippen LogP contribution in [0.2, 0.25) is 0 Å². The Morgan fingerprint density at radius 2 is 1.67 bits per heavy atom. The molecule has 6 nitrogen and oxygen atoms in total. The number of aryl methyl sites for hydroxylation is 1. The van der Waals surface area contributed by atoms with Crippen LogP contribution in [0.25, 0.3) is 44.4 Å². The van der Waals surface area contributed by atoms with Gasteiger partial charge in [-0.05, 0) is 60.8 Å². The van der Waals surface area contributed by atoms with Crippen molar-refractivity contribution >= 4 is 21.8 Å². The minimum atomic E-state index is 0. The molecule has 0 aliphatic carbocycles. The van der Waals surface area contributed by atoms with Gasteiger partial charge in [-0.25, -0.2) is 4.98 Å². The van der Waals surface area contributed by atoms with E-state index in [2.05, 4.69) is 36.2 Å². The van der Waals surface area contributed by atoms with Crippen molar-refractivity contribution in [3.8, 4) is 39.9 Å². The minimum absolute atomic E-state index is 0. The molecule has 42 heavy (non-hydrogen) atoms. The fourth-order valence-electron chi connectivity index (χ4n) is 5.40. The number of methoxy groups -OCH3 is 1. The Balaban J connectivity index is 0.00000329. The number of ether oxygens (including phenoxy) is 2. The SMILES string of the molecule is [2H]c1ccnc(-n2c3[c-]c(Oc4[c-]c(-n5nc(C)c(-c6ccccc6)c5C)ccc4)ccc3c3cc(OC)ccc32)c1.[Pt+2]. The number of pyridine rings is 1. The first-order valence-electron chi connectivity index (χ1n) is 13.8. The molecule has 0 saturated carbocycles. The van der Waals surface area contributed by atoms with Crippen LogP contribution >= 0.6 is 0 Å². The van der Waals surface area contributed by atoms with Crippen molar-refractivity contribution in [1.29, 1.82) is 0 Å². The van der Waals surface area contributed by atoms with E-state index >= 15 is 0 Å². The van der Waals surface area contributed by atoms with Gasteiger partial charge in [-0.3, -0.25) is 4.68 Å². The Morgan fingerprint density at radius 1 is 0.833 bits per heavy atom. The zero-order valence-corrected chi connectivity index (χ0v) is 25.4. The molecule has 7 rings (SSSR count). The maximum atomic E-state index is 8.16. The van der Waals surface area contributed by atoms with Crippen LogP contribution in [0.15, 0.2) is 103 Å². The third-order valence-electron chi connectivity index (χ3n) is 7.23. The fraction of sp³-hybridized carbons (Fsp3) is 0.0857. The van der Waals surface area contributed by atoms with Crippen molar-refractivity contribution in [2.45, 2.75) is 13.8 Å². The monoisotopic (exact) mass is 730 g/mol. The number of nitrogens with zero attached hydrogens (tertiary/aromatic N) is 4. The Labute approximate surface area is 259 Å². The molecule has 0 unspecified atom stereocenters. The molecule has 3 aromatic heterocycles. The van der Waals surface area contributed by atoms with E-state index in [1.807, 2.05) is 82.9 Å². The summed E-state index contributed by atoms with van der Waals surface area (Å²) in [6.07, 6.45) is 1.64. The zero-order chi connectivity index (χ0) is 28.8. The summed E-state index contributed by atoms with van der Waals surface area (Å²) in [6, 6.07) is 36.5. The van der Waals surface area contributed by atoms with Gasteiger partial charge in [-0.2, -0.15) is 17.2 Å². The van der Waals surface area contributed by atoms with Gasteiger partial charge in [0.05, 0.1) is 14.2 Å². The van der Waals surface area contributed by atoms with Gasteiger partial charge in [-0.15, -0.1) is 35.7 Å². The molecule has 7 heteroatoms. The molecular weight excluding hydrogens is 703 g/mol. The van der Waals surface area contributed by atoms with Gasteiger partial charge in [0, 0.05) is 34.5 Å².